The molecule has 0 aromatic heterocycles. The number of carbonyl (C=O) groups is 1. The topological polar surface area (TPSA) is 43.8 Å². The van der Waals surface area contributed by atoms with Crippen LogP contribution in [0.1, 0.15) is 31.2 Å². The van der Waals surface area contributed by atoms with Gasteiger partial charge in [0, 0.05) is 26.2 Å². The largest absolute Gasteiger partial charge is 0.506 e. The van der Waals surface area contributed by atoms with Crippen molar-refractivity contribution in [3.8, 4) is 5.75 Å². The monoisotopic (exact) mass is 338 g/mol. The summed E-state index contributed by atoms with van der Waals surface area (Å²) in [6.45, 7) is 5.01. The van der Waals surface area contributed by atoms with Gasteiger partial charge in [-0.1, -0.05) is 55.8 Å². The quantitative estimate of drug-likeness (QED) is 0.905. The summed E-state index contributed by atoms with van der Waals surface area (Å²) in [5, 5.41) is 10.0. The van der Waals surface area contributed by atoms with Crippen molar-refractivity contribution in [3.63, 3.8) is 0 Å². The zero-order valence-corrected chi connectivity index (χ0v) is 14.8. The van der Waals surface area contributed by atoms with Gasteiger partial charge in [0.15, 0.2) is 0 Å². The molecule has 1 unspecified atom stereocenters. The van der Waals surface area contributed by atoms with E-state index in [0.29, 0.717) is 18.8 Å². The summed E-state index contributed by atoms with van der Waals surface area (Å²) in [5.41, 5.74) is 1.96. The second kappa shape index (κ2) is 8.06. The average molecular weight is 338 g/mol. The number of benzene rings is 2. The molecular weight excluding hydrogens is 312 g/mol. The Bertz CT molecular complexity index is 694. The number of carbonyl (C=O) groups excluding carboxylic acids is 1. The maximum atomic E-state index is 13.1. The highest BCUT2D eigenvalue weighted by atomic mass is 16.3. The van der Waals surface area contributed by atoms with Crippen molar-refractivity contribution < 1.29 is 9.90 Å². The van der Waals surface area contributed by atoms with Crippen LogP contribution in [-0.2, 0) is 4.79 Å². The molecule has 1 amide bonds. The number of rotatable bonds is 5. The molecule has 0 saturated carbocycles. The number of hydrogen-bond donors (Lipinski definition) is 1. The lowest BCUT2D eigenvalue weighted by Gasteiger charge is -2.37. The second-order valence-corrected chi connectivity index (χ2v) is 6.55. The predicted octanol–water partition coefficient (Wildman–Crippen LogP) is 3.62. The Kier molecular flexibility index (Phi) is 5.59. The van der Waals surface area contributed by atoms with Gasteiger partial charge in [-0.3, -0.25) is 4.79 Å². The molecule has 4 heteroatoms. The lowest BCUT2D eigenvalue weighted by Crippen LogP contribution is -2.50. The van der Waals surface area contributed by atoms with Gasteiger partial charge in [0.2, 0.25) is 5.91 Å². The first-order chi connectivity index (χ1) is 12.2. The third kappa shape index (κ3) is 3.95. The normalized spacial score (nSPS) is 15.9. The van der Waals surface area contributed by atoms with E-state index in [9.17, 15) is 9.90 Å². The summed E-state index contributed by atoms with van der Waals surface area (Å²) in [5.74, 6) is 0.475. The SMILES string of the molecule is CCCC(C(=O)N1CCN(c2ccccc2O)CC1)c1ccccc1. The molecule has 0 radical (unpaired) electrons. The van der Waals surface area contributed by atoms with Gasteiger partial charge in [0.1, 0.15) is 5.75 Å². The van der Waals surface area contributed by atoms with Gasteiger partial charge in [-0.15, -0.1) is 0 Å². The van der Waals surface area contributed by atoms with Crippen molar-refractivity contribution in [1.29, 1.82) is 0 Å². The Hall–Kier alpha value is -2.49. The summed E-state index contributed by atoms with van der Waals surface area (Å²) in [7, 11) is 0. The number of aromatic hydroxyl groups is 1. The number of phenols is 1. The zero-order chi connectivity index (χ0) is 17.6. The smallest absolute Gasteiger partial charge is 0.230 e. The van der Waals surface area contributed by atoms with E-state index in [1.54, 1.807) is 6.07 Å². The first-order valence-electron chi connectivity index (χ1n) is 9.07. The predicted molar refractivity (Wildman–Crippen MR) is 101 cm³/mol. The molecular formula is C21H26N2O2. The number of phenolic OH excluding ortho intramolecular Hbond substituents is 1. The van der Waals surface area contributed by atoms with E-state index >= 15 is 0 Å². The van der Waals surface area contributed by atoms with Crippen LogP contribution in [0.15, 0.2) is 54.6 Å². The van der Waals surface area contributed by atoms with E-state index in [0.717, 1.165) is 37.2 Å². The number of para-hydroxylation sites is 2. The highest BCUT2D eigenvalue weighted by Crippen LogP contribution is 2.29. The van der Waals surface area contributed by atoms with Gasteiger partial charge in [-0.2, -0.15) is 0 Å². The molecule has 1 aliphatic rings. The van der Waals surface area contributed by atoms with Crippen LogP contribution in [0, 0.1) is 0 Å². The highest BCUT2D eigenvalue weighted by molar-refractivity contribution is 5.84. The molecule has 1 fully saturated rings. The van der Waals surface area contributed by atoms with Crippen LogP contribution < -0.4 is 4.90 Å². The molecule has 0 aliphatic carbocycles. The zero-order valence-electron chi connectivity index (χ0n) is 14.8. The van der Waals surface area contributed by atoms with Crippen molar-refractivity contribution in [1.82, 2.24) is 4.90 Å². The molecule has 1 aliphatic heterocycles. The number of amides is 1. The molecule has 1 atom stereocenters. The second-order valence-electron chi connectivity index (χ2n) is 6.55. The van der Waals surface area contributed by atoms with Crippen molar-refractivity contribution in [2.24, 2.45) is 0 Å². The molecule has 25 heavy (non-hydrogen) atoms. The van der Waals surface area contributed by atoms with Crippen LogP contribution in [0.3, 0.4) is 0 Å². The maximum Gasteiger partial charge on any atom is 0.230 e. The minimum absolute atomic E-state index is 0.0529. The third-order valence-electron chi connectivity index (χ3n) is 4.89. The molecule has 0 bridgehead atoms. The lowest BCUT2D eigenvalue weighted by molar-refractivity contribution is -0.133. The van der Waals surface area contributed by atoms with Gasteiger partial charge in [-0.25, -0.2) is 0 Å². The standard InChI is InChI=1S/C21H26N2O2/c1-2-8-18(17-9-4-3-5-10-17)21(25)23-15-13-22(14-16-23)19-11-6-7-12-20(19)24/h3-7,9-12,18,24H,2,8,13-16H2,1H3. The molecule has 1 saturated heterocycles. The summed E-state index contributed by atoms with van der Waals surface area (Å²) >= 11 is 0. The molecule has 4 nitrogen and oxygen atoms in total. The fraction of sp³-hybridized carbons (Fsp3) is 0.381. The van der Waals surface area contributed by atoms with Crippen LogP contribution in [0.2, 0.25) is 0 Å². The maximum absolute atomic E-state index is 13.1. The molecule has 1 heterocycles. The van der Waals surface area contributed by atoms with Crippen LogP contribution in [0.4, 0.5) is 5.69 Å². The minimum Gasteiger partial charge on any atom is -0.506 e. The summed E-state index contributed by atoms with van der Waals surface area (Å²) in [6, 6.07) is 17.5. The fourth-order valence-corrected chi connectivity index (χ4v) is 3.53. The first-order valence-corrected chi connectivity index (χ1v) is 9.07. The Labute approximate surface area is 149 Å². The Morgan fingerprint density at radius 1 is 1.00 bits per heavy atom. The molecule has 0 spiro atoms. The van der Waals surface area contributed by atoms with Gasteiger partial charge >= 0.3 is 0 Å². The minimum atomic E-state index is -0.0529. The van der Waals surface area contributed by atoms with E-state index in [1.165, 1.54) is 0 Å². The van der Waals surface area contributed by atoms with Crippen molar-refractivity contribution >= 4 is 11.6 Å². The van der Waals surface area contributed by atoms with Crippen LogP contribution in [0.5, 0.6) is 5.75 Å². The Morgan fingerprint density at radius 2 is 1.64 bits per heavy atom. The Balaban J connectivity index is 1.67. The van der Waals surface area contributed by atoms with Gasteiger partial charge in [0.25, 0.3) is 0 Å². The van der Waals surface area contributed by atoms with Gasteiger partial charge in [-0.05, 0) is 24.1 Å². The summed E-state index contributed by atoms with van der Waals surface area (Å²) in [4.78, 5) is 17.2. The average Bonchev–Trinajstić information content (AvgIpc) is 2.67. The Morgan fingerprint density at radius 3 is 2.28 bits per heavy atom. The summed E-state index contributed by atoms with van der Waals surface area (Å²) in [6.07, 6.45) is 1.87. The molecule has 2 aromatic rings. The van der Waals surface area contributed by atoms with E-state index in [4.69, 9.17) is 0 Å². The van der Waals surface area contributed by atoms with E-state index in [1.807, 2.05) is 41.3 Å². The highest BCUT2D eigenvalue weighted by Gasteiger charge is 2.28. The molecule has 3 rings (SSSR count). The van der Waals surface area contributed by atoms with Gasteiger partial charge < -0.3 is 14.9 Å². The van der Waals surface area contributed by atoms with E-state index in [-0.39, 0.29) is 11.8 Å². The molecule has 1 N–H and O–H groups in total. The third-order valence-corrected chi connectivity index (χ3v) is 4.89. The van der Waals surface area contributed by atoms with Crippen molar-refractivity contribution in [2.45, 2.75) is 25.7 Å². The molecule has 132 valence electrons. The van der Waals surface area contributed by atoms with Gasteiger partial charge in [0.05, 0.1) is 11.6 Å². The number of anilines is 1. The fourth-order valence-electron chi connectivity index (χ4n) is 3.53. The van der Waals surface area contributed by atoms with Crippen LogP contribution in [0.25, 0.3) is 0 Å². The van der Waals surface area contributed by atoms with Crippen molar-refractivity contribution in [2.75, 3.05) is 31.1 Å². The van der Waals surface area contributed by atoms with Crippen LogP contribution in [-0.4, -0.2) is 42.1 Å². The molecule has 2 aromatic carbocycles. The van der Waals surface area contributed by atoms with E-state index in [2.05, 4.69) is 24.0 Å². The van der Waals surface area contributed by atoms with Crippen molar-refractivity contribution in [3.05, 3.63) is 60.2 Å². The first kappa shape index (κ1) is 17.3. The van der Waals surface area contributed by atoms with Crippen LogP contribution >= 0.6 is 0 Å². The lowest BCUT2D eigenvalue weighted by atomic mass is 9.93. The number of nitrogens with zero attached hydrogens (tertiary/aromatic N) is 2. The summed E-state index contributed by atoms with van der Waals surface area (Å²) < 4.78 is 0. The number of piperazine rings is 1. The number of hydrogen-bond acceptors (Lipinski definition) is 3. The van der Waals surface area contributed by atoms with E-state index < -0.39 is 0 Å².